The fourth-order valence-electron chi connectivity index (χ4n) is 1.80. The Morgan fingerprint density at radius 2 is 1.86 bits per heavy atom. The molecule has 0 saturated heterocycles. The Balaban J connectivity index is 2.77. The first-order valence-corrected chi connectivity index (χ1v) is 7.05. The third-order valence-electron chi connectivity index (χ3n) is 2.86. The Kier molecular flexibility index (Phi) is 6.95. The lowest BCUT2D eigenvalue weighted by Gasteiger charge is -2.12. The van der Waals surface area contributed by atoms with Crippen molar-refractivity contribution in [1.82, 2.24) is 0 Å². The lowest BCUT2D eigenvalue weighted by Crippen LogP contribution is -2.27. The topological polar surface area (TPSA) is 84.9 Å². The second kappa shape index (κ2) is 8.71. The average molecular weight is 307 g/mol. The van der Waals surface area contributed by atoms with E-state index in [0.29, 0.717) is 12.2 Å². The van der Waals surface area contributed by atoms with Crippen molar-refractivity contribution in [1.29, 1.82) is 0 Å². The van der Waals surface area contributed by atoms with E-state index < -0.39 is 17.9 Å². The van der Waals surface area contributed by atoms with Gasteiger partial charge in [-0.05, 0) is 50.6 Å². The minimum absolute atomic E-state index is 0.141. The van der Waals surface area contributed by atoms with E-state index in [4.69, 9.17) is 14.6 Å². The van der Waals surface area contributed by atoms with E-state index in [2.05, 4.69) is 5.32 Å². The predicted octanol–water partition coefficient (Wildman–Crippen LogP) is 2.66. The smallest absolute Gasteiger partial charge is 0.324 e. The molecule has 0 fully saturated rings. The van der Waals surface area contributed by atoms with Crippen LogP contribution >= 0.6 is 0 Å². The summed E-state index contributed by atoms with van der Waals surface area (Å²) in [5, 5.41) is 12.1. The molecule has 0 spiro atoms. The van der Waals surface area contributed by atoms with Crippen molar-refractivity contribution in [2.24, 2.45) is 5.92 Å². The molecule has 6 heteroatoms. The van der Waals surface area contributed by atoms with E-state index in [1.54, 1.807) is 38.1 Å². The number of carbonyl (C=O) groups is 2. The number of nitrogens with one attached hydrogen (secondary N) is 1. The van der Waals surface area contributed by atoms with Crippen LogP contribution in [0, 0.1) is 5.92 Å². The molecular weight excluding hydrogens is 286 g/mol. The van der Waals surface area contributed by atoms with Crippen LogP contribution in [0.1, 0.15) is 20.8 Å². The Morgan fingerprint density at radius 3 is 2.36 bits per heavy atom. The molecule has 2 N–H and O–H groups in total. The summed E-state index contributed by atoms with van der Waals surface area (Å²) in [4.78, 5) is 22.9. The van der Waals surface area contributed by atoms with Gasteiger partial charge < -0.3 is 19.9 Å². The Hall–Kier alpha value is -2.50. The van der Waals surface area contributed by atoms with Gasteiger partial charge in [0, 0.05) is 11.9 Å². The fraction of sp³-hybridized carbons (Fsp3) is 0.375. The number of rotatable bonds is 8. The summed E-state index contributed by atoms with van der Waals surface area (Å²) >= 11 is 0. The zero-order valence-corrected chi connectivity index (χ0v) is 13.0. The summed E-state index contributed by atoms with van der Waals surface area (Å²) in [5.74, 6) is -2.56. The van der Waals surface area contributed by atoms with Crippen molar-refractivity contribution < 1.29 is 24.2 Å². The van der Waals surface area contributed by atoms with Crippen LogP contribution in [0.4, 0.5) is 5.69 Å². The first kappa shape index (κ1) is 17.6. The third kappa shape index (κ3) is 5.12. The van der Waals surface area contributed by atoms with Gasteiger partial charge in [0.25, 0.3) is 0 Å². The summed E-state index contributed by atoms with van der Waals surface area (Å²) in [7, 11) is 0. The molecule has 0 heterocycles. The average Bonchev–Trinajstić information content (AvgIpc) is 2.47. The molecule has 6 nitrogen and oxygen atoms in total. The van der Waals surface area contributed by atoms with Crippen molar-refractivity contribution in [2.45, 2.75) is 20.8 Å². The molecule has 120 valence electrons. The molecule has 1 unspecified atom stereocenters. The van der Waals surface area contributed by atoms with E-state index >= 15 is 0 Å². The van der Waals surface area contributed by atoms with E-state index in [1.165, 1.54) is 6.20 Å². The predicted molar refractivity (Wildman–Crippen MR) is 82.7 cm³/mol. The number of anilines is 1. The lowest BCUT2D eigenvalue weighted by atomic mass is 10.0. The molecule has 1 rings (SSSR count). The van der Waals surface area contributed by atoms with Crippen LogP contribution in [0.25, 0.3) is 0 Å². The first-order valence-electron chi connectivity index (χ1n) is 7.05. The minimum atomic E-state index is -1.31. The largest absolute Gasteiger partial charge is 0.494 e. The van der Waals surface area contributed by atoms with Crippen LogP contribution in [-0.2, 0) is 14.3 Å². The summed E-state index contributed by atoms with van der Waals surface area (Å²) in [5.41, 5.74) is 1.12. The van der Waals surface area contributed by atoms with E-state index in [1.807, 2.05) is 6.92 Å². The molecule has 1 atom stereocenters. The van der Waals surface area contributed by atoms with Crippen molar-refractivity contribution in [2.75, 3.05) is 18.5 Å². The van der Waals surface area contributed by atoms with Gasteiger partial charge in [0.15, 0.2) is 5.92 Å². The molecule has 0 aromatic heterocycles. The molecule has 0 bridgehead atoms. The van der Waals surface area contributed by atoms with E-state index in [9.17, 15) is 9.59 Å². The third-order valence-corrected chi connectivity index (χ3v) is 2.86. The second-order valence-corrected chi connectivity index (χ2v) is 4.51. The van der Waals surface area contributed by atoms with Crippen molar-refractivity contribution >= 4 is 17.6 Å². The SMILES string of the molecule is CCOC(=O)C(C(=O)O)C(C)=CNc1ccc(OCC)cc1. The summed E-state index contributed by atoms with van der Waals surface area (Å²) < 4.78 is 10.1. The molecule has 0 radical (unpaired) electrons. The summed E-state index contributed by atoms with van der Waals surface area (Å²) in [6.45, 7) is 5.83. The number of carbonyl (C=O) groups excluding carboxylic acids is 1. The molecule has 1 aromatic carbocycles. The molecule has 0 aliphatic rings. The quantitative estimate of drug-likeness (QED) is 0.567. The number of carboxylic acid groups (broad SMARTS) is 1. The van der Waals surface area contributed by atoms with Crippen LogP contribution < -0.4 is 10.1 Å². The van der Waals surface area contributed by atoms with Crippen LogP contribution in [-0.4, -0.2) is 30.3 Å². The molecule has 0 aliphatic carbocycles. The maximum absolute atomic E-state index is 11.7. The fourth-order valence-corrected chi connectivity index (χ4v) is 1.80. The highest BCUT2D eigenvalue weighted by Crippen LogP contribution is 2.18. The summed E-state index contributed by atoms with van der Waals surface area (Å²) in [6.07, 6.45) is 1.49. The van der Waals surface area contributed by atoms with Gasteiger partial charge in [-0.15, -0.1) is 0 Å². The first-order chi connectivity index (χ1) is 10.5. The molecular formula is C16H21NO5. The van der Waals surface area contributed by atoms with Crippen molar-refractivity contribution in [3.05, 3.63) is 36.0 Å². The van der Waals surface area contributed by atoms with E-state index in [-0.39, 0.29) is 6.61 Å². The van der Waals surface area contributed by atoms with Gasteiger partial charge in [0.2, 0.25) is 0 Å². The standard InChI is InChI=1S/C16H21NO5/c1-4-21-13-8-6-12(7-9-13)17-10-11(3)14(15(18)19)16(20)22-5-2/h6-10,14,17H,4-5H2,1-3H3,(H,18,19). The van der Waals surface area contributed by atoms with Gasteiger partial charge in [-0.25, -0.2) is 0 Å². The minimum Gasteiger partial charge on any atom is -0.494 e. The molecule has 0 amide bonds. The van der Waals surface area contributed by atoms with Gasteiger partial charge in [0.1, 0.15) is 5.75 Å². The van der Waals surface area contributed by atoms with Gasteiger partial charge in [0.05, 0.1) is 13.2 Å². The maximum atomic E-state index is 11.7. The highest BCUT2D eigenvalue weighted by atomic mass is 16.5. The highest BCUT2D eigenvalue weighted by Gasteiger charge is 2.29. The second-order valence-electron chi connectivity index (χ2n) is 4.51. The van der Waals surface area contributed by atoms with Crippen LogP contribution in [0.15, 0.2) is 36.0 Å². The van der Waals surface area contributed by atoms with Gasteiger partial charge in [-0.2, -0.15) is 0 Å². The monoisotopic (exact) mass is 307 g/mol. The van der Waals surface area contributed by atoms with Crippen LogP contribution in [0.5, 0.6) is 5.75 Å². The number of esters is 1. The number of ether oxygens (including phenoxy) is 2. The number of aliphatic carboxylic acids is 1. The zero-order chi connectivity index (χ0) is 16.5. The zero-order valence-electron chi connectivity index (χ0n) is 13.0. The normalized spacial score (nSPS) is 12.4. The Bertz CT molecular complexity index is 536. The number of hydrogen-bond acceptors (Lipinski definition) is 5. The van der Waals surface area contributed by atoms with Gasteiger partial charge in [-0.1, -0.05) is 0 Å². The number of hydrogen-bond donors (Lipinski definition) is 2. The van der Waals surface area contributed by atoms with Crippen molar-refractivity contribution in [3.63, 3.8) is 0 Å². The molecule has 22 heavy (non-hydrogen) atoms. The lowest BCUT2D eigenvalue weighted by molar-refractivity contribution is -0.156. The van der Waals surface area contributed by atoms with Crippen LogP contribution in [0.3, 0.4) is 0 Å². The van der Waals surface area contributed by atoms with E-state index in [0.717, 1.165) is 11.4 Å². The van der Waals surface area contributed by atoms with Gasteiger partial charge >= 0.3 is 11.9 Å². The Morgan fingerprint density at radius 1 is 1.23 bits per heavy atom. The molecule has 1 aromatic rings. The Labute approximate surface area is 129 Å². The van der Waals surface area contributed by atoms with Gasteiger partial charge in [-0.3, -0.25) is 9.59 Å². The summed E-state index contributed by atoms with van der Waals surface area (Å²) in [6, 6.07) is 7.20. The number of carboxylic acids is 1. The maximum Gasteiger partial charge on any atom is 0.324 e. The van der Waals surface area contributed by atoms with Crippen molar-refractivity contribution in [3.8, 4) is 5.75 Å². The van der Waals surface area contributed by atoms with Crippen LogP contribution in [0.2, 0.25) is 0 Å². The highest BCUT2D eigenvalue weighted by molar-refractivity contribution is 5.97. The molecule has 0 saturated carbocycles. The number of benzene rings is 1. The molecule has 0 aliphatic heterocycles.